The lowest BCUT2D eigenvalue weighted by atomic mass is 10.1. The lowest BCUT2D eigenvalue weighted by molar-refractivity contribution is -0.121. The number of H-pyrrole nitrogens is 1. The zero-order valence-electron chi connectivity index (χ0n) is 13.6. The third-order valence-corrected chi connectivity index (χ3v) is 3.64. The molecule has 0 aromatic carbocycles. The Morgan fingerprint density at radius 1 is 1.29 bits per heavy atom. The molecule has 0 saturated carbocycles. The highest BCUT2D eigenvalue weighted by Gasteiger charge is 2.19. The monoisotopic (exact) mass is 294 g/mol. The quantitative estimate of drug-likeness (QED) is 0.759. The Balaban J connectivity index is 2.71. The molecule has 1 aromatic heterocycles. The molecule has 0 saturated heterocycles. The fourth-order valence-corrected chi connectivity index (χ4v) is 2.26. The fraction of sp³-hybridized carbons (Fsp3) is 0.625. The molecule has 0 aliphatic carbocycles. The van der Waals surface area contributed by atoms with Gasteiger partial charge in [0.25, 0.3) is 0 Å². The zero-order chi connectivity index (χ0) is 16.0. The van der Waals surface area contributed by atoms with Crippen molar-refractivity contribution in [1.29, 1.82) is 0 Å². The summed E-state index contributed by atoms with van der Waals surface area (Å²) < 4.78 is 5.06. The number of esters is 1. The molecule has 0 bridgehead atoms. The number of ether oxygens (including phenoxy) is 1. The number of carbonyl (C=O) groups is 2. The highest BCUT2D eigenvalue weighted by atomic mass is 16.5. The van der Waals surface area contributed by atoms with Crippen LogP contribution < -0.4 is 5.32 Å². The first-order valence-electron chi connectivity index (χ1n) is 7.55. The molecule has 1 heterocycles. The van der Waals surface area contributed by atoms with E-state index in [4.69, 9.17) is 4.74 Å². The summed E-state index contributed by atoms with van der Waals surface area (Å²) in [6, 6.07) is 0.194. The molecular weight excluding hydrogens is 268 g/mol. The van der Waals surface area contributed by atoms with Gasteiger partial charge in [-0.1, -0.05) is 6.92 Å². The SMILES string of the molecule is CCOC(=O)c1c(C)[nH]c(CCC(=O)NC(C)CC)c1C. The summed E-state index contributed by atoms with van der Waals surface area (Å²) in [6.45, 7) is 9.90. The first-order chi connectivity index (χ1) is 9.90. The van der Waals surface area contributed by atoms with Crippen LogP contribution in [-0.4, -0.2) is 29.5 Å². The molecule has 21 heavy (non-hydrogen) atoms. The zero-order valence-corrected chi connectivity index (χ0v) is 13.6. The third-order valence-electron chi connectivity index (χ3n) is 3.64. The van der Waals surface area contributed by atoms with E-state index >= 15 is 0 Å². The number of hydrogen-bond donors (Lipinski definition) is 2. The van der Waals surface area contributed by atoms with E-state index in [-0.39, 0.29) is 17.9 Å². The van der Waals surface area contributed by atoms with E-state index in [0.29, 0.717) is 25.0 Å². The summed E-state index contributed by atoms with van der Waals surface area (Å²) in [5.41, 5.74) is 3.19. The van der Waals surface area contributed by atoms with Gasteiger partial charge in [-0.2, -0.15) is 0 Å². The predicted octanol–water partition coefficient (Wildman–Crippen LogP) is 2.66. The maximum atomic E-state index is 11.9. The van der Waals surface area contributed by atoms with Crippen LogP contribution in [0.4, 0.5) is 0 Å². The minimum absolute atomic E-state index is 0.0358. The third kappa shape index (κ3) is 4.62. The maximum Gasteiger partial charge on any atom is 0.340 e. The summed E-state index contributed by atoms with van der Waals surface area (Å²) >= 11 is 0. The van der Waals surface area contributed by atoms with Gasteiger partial charge in [-0.25, -0.2) is 4.79 Å². The van der Waals surface area contributed by atoms with Crippen LogP contribution in [0.5, 0.6) is 0 Å². The normalized spacial score (nSPS) is 12.0. The molecule has 1 amide bonds. The molecule has 0 aliphatic rings. The number of carbonyl (C=O) groups excluding carboxylic acids is 2. The van der Waals surface area contributed by atoms with Crippen molar-refractivity contribution in [3.05, 3.63) is 22.5 Å². The molecular formula is C16H26N2O3. The van der Waals surface area contributed by atoms with Crippen molar-refractivity contribution in [3.8, 4) is 0 Å². The first kappa shape index (κ1) is 17.3. The average molecular weight is 294 g/mol. The van der Waals surface area contributed by atoms with Crippen molar-refractivity contribution in [3.63, 3.8) is 0 Å². The smallest absolute Gasteiger partial charge is 0.340 e. The Morgan fingerprint density at radius 2 is 1.95 bits per heavy atom. The van der Waals surface area contributed by atoms with Crippen LogP contribution >= 0.6 is 0 Å². The molecule has 1 aromatic rings. The van der Waals surface area contributed by atoms with Crippen LogP contribution in [0, 0.1) is 13.8 Å². The summed E-state index contributed by atoms with van der Waals surface area (Å²) in [5.74, 6) is -0.271. The van der Waals surface area contributed by atoms with Crippen molar-refractivity contribution < 1.29 is 14.3 Å². The summed E-state index contributed by atoms with van der Waals surface area (Å²) in [5, 5.41) is 2.94. The van der Waals surface area contributed by atoms with Crippen molar-refractivity contribution >= 4 is 11.9 Å². The molecule has 118 valence electrons. The predicted molar refractivity (Wildman–Crippen MR) is 82.4 cm³/mol. The molecule has 1 unspecified atom stereocenters. The first-order valence-corrected chi connectivity index (χ1v) is 7.55. The fourth-order valence-electron chi connectivity index (χ4n) is 2.26. The minimum Gasteiger partial charge on any atom is -0.462 e. The molecule has 1 atom stereocenters. The van der Waals surface area contributed by atoms with Gasteiger partial charge in [0.2, 0.25) is 5.91 Å². The molecule has 5 heteroatoms. The second-order valence-electron chi connectivity index (χ2n) is 5.33. The summed E-state index contributed by atoms with van der Waals surface area (Å²) in [6.07, 6.45) is 1.92. The number of aromatic nitrogens is 1. The van der Waals surface area contributed by atoms with Gasteiger partial charge in [0, 0.05) is 23.9 Å². The second kappa shape index (κ2) is 7.86. The van der Waals surface area contributed by atoms with E-state index in [1.807, 2.05) is 27.7 Å². The molecule has 0 aliphatic heterocycles. The Kier molecular flexibility index (Phi) is 6.46. The van der Waals surface area contributed by atoms with Crippen LogP contribution in [0.25, 0.3) is 0 Å². The molecule has 0 spiro atoms. The Hall–Kier alpha value is -1.78. The molecule has 0 fully saturated rings. The van der Waals surface area contributed by atoms with Gasteiger partial charge >= 0.3 is 5.97 Å². The molecule has 5 nitrogen and oxygen atoms in total. The number of nitrogens with one attached hydrogen (secondary N) is 2. The highest BCUT2D eigenvalue weighted by Crippen LogP contribution is 2.20. The number of aryl methyl sites for hydroxylation is 2. The largest absolute Gasteiger partial charge is 0.462 e. The second-order valence-corrected chi connectivity index (χ2v) is 5.33. The van der Waals surface area contributed by atoms with Gasteiger partial charge < -0.3 is 15.0 Å². The van der Waals surface area contributed by atoms with Crippen molar-refractivity contribution in [2.45, 2.75) is 59.9 Å². The van der Waals surface area contributed by atoms with Gasteiger partial charge in [-0.3, -0.25) is 4.79 Å². The summed E-state index contributed by atoms with van der Waals surface area (Å²) in [4.78, 5) is 26.9. The number of rotatable bonds is 7. The van der Waals surface area contributed by atoms with Crippen molar-refractivity contribution in [1.82, 2.24) is 10.3 Å². The Labute approximate surface area is 126 Å². The van der Waals surface area contributed by atoms with Crippen molar-refractivity contribution in [2.24, 2.45) is 0 Å². The topological polar surface area (TPSA) is 71.2 Å². The van der Waals surface area contributed by atoms with Crippen LogP contribution in [-0.2, 0) is 16.0 Å². The highest BCUT2D eigenvalue weighted by molar-refractivity contribution is 5.92. The minimum atomic E-state index is -0.306. The van der Waals surface area contributed by atoms with Crippen LogP contribution in [0.15, 0.2) is 0 Å². The molecule has 1 rings (SSSR count). The van der Waals surface area contributed by atoms with Gasteiger partial charge in [-0.15, -0.1) is 0 Å². The number of aromatic amines is 1. The van der Waals surface area contributed by atoms with Crippen molar-refractivity contribution in [2.75, 3.05) is 6.61 Å². The van der Waals surface area contributed by atoms with E-state index < -0.39 is 0 Å². The van der Waals surface area contributed by atoms with Gasteiger partial charge in [0.15, 0.2) is 0 Å². The van der Waals surface area contributed by atoms with Crippen LogP contribution in [0.1, 0.15) is 60.9 Å². The Bertz CT molecular complexity index is 506. The average Bonchev–Trinajstić information content (AvgIpc) is 2.71. The van der Waals surface area contributed by atoms with E-state index in [0.717, 1.165) is 23.4 Å². The molecule has 2 N–H and O–H groups in total. The van der Waals surface area contributed by atoms with E-state index in [1.54, 1.807) is 6.92 Å². The Morgan fingerprint density at radius 3 is 2.52 bits per heavy atom. The lowest BCUT2D eigenvalue weighted by Crippen LogP contribution is -2.32. The molecule has 0 radical (unpaired) electrons. The lowest BCUT2D eigenvalue weighted by Gasteiger charge is -2.11. The van der Waals surface area contributed by atoms with Gasteiger partial charge in [0.1, 0.15) is 0 Å². The van der Waals surface area contributed by atoms with Gasteiger partial charge in [-0.05, 0) is 46.1 Å². The van der Waals surface area contributed by atoms with Gasteiger partial charge in [0.05, 0.1) is 12.2 Å². The van der Waals surface area contributed by atoms with E-state index in [1.165, 1.54) is 0 Å². The number of amides is 1. The number of hydrogen-bond acceptors (Lipinski definition) is 3. The standard InChI is InChI=1S/C16H26N2O3/c1-6-10(3)17-14(19)9-8-13-11(4)15(12(5)18-13)16(20)21-7-2/h10,18H,6-9H2,1-5H3,(H,17,19). The van der Waals surface area contributed by atoms with E-state index in [2.05, 4.69) is 10.3 Å². The summed E-state index contributed by atoms with van der Waals surface area (Å²) in [7, 11) is 0. The maximum absolute atomic E-state index is 11.9. The van der Waals surface area contributed by atoms with Crippen LogP contribution in [0.2, 0.25) is 0 Å². The van der Waals surface area contributed by atoms with E-state index in [9.17, 15) is 9.59 Å². The van der Waals surface area contributed by atoms with Crippen LogP contribution in [0.3, 0.4) is 0 Å².